The lowest BCUT2D eigenvalue weighted by Gasteiger charge is -2.26. The molecule has 0 aliphatic heterocycles. The monoisotopic (exact) mass is 521 g/mol. The highest BCUT2D eigenvalue weighted by molar-refractivity contribution is 7.98. The van der Waals surface area contributed by atoms with Crippen LogP contribution in [-0.4, -0.2) is 83.5 Å². The number of hydrogen-bond donors (Lipinski definition) is 6. The van der Waals surface area contributed by atoms with E-state index >= 15 is 0 Å². The molecule has 0 saturated heterocycles. The number of carboxylic acids is 1. The average molecular weight is 522 g/mol. The molecule has 0 heterocycles. The molecule has 0 rings (SSSR count). The number of thioether (sulfide) groups is 2. The number of carboxylic acid groups (broad SMARTS) is 1. The zero-order chi connectivity index (χ0) is 26.1. The highest BCUT2D eigenvalue weighted by Crippen LogP contribution is 2.09. The molecular weight excluding hydrogens is 478 g/mol. The predicted molar refractivity (Wildman–Crippen MR) is 140 cm³/mol. The molecule has 0 aromatic carbocycles. The molecule has 0 aromatic rings. The van der Waals surface area contributed by atoms with Gasteiger partial charge in [0.15, 0.2) is 0 Å². The van der Waals surface area contributed by atoms with E-state index in [-0.39, 0.29) is 12.3 Å². The zero-order valence-corrected chi connectivity index (χ0v) is 22.4. The Hall–Kier alpha value is -1.50. The first-order chi connectivity index (χ1) is 16.1. The quantitative estimate of drug-likeness (QED) is 0.132. The van der Waals surface area contributed by atoms with Crippen LogP contribution >= 0.6 is 23.5 Å². The molecule has 0 aliphatic rings. The molecule has 0 saturated carbocycles. The predicted octanol–water partition coefficient (Wildman–Crippen LogP) is 0.534. The Morgan fingerprint density at radius 2 is 1.29 bits per heavy atom. The van der Waals surface area contributed by atoms with Crippen LogP contribution in [0.15, 0.2) is 0 Å². The third kappa shape index (κ3) is 12.8. The van der Waals surface area contributed by atoms with Gasteiger partial charge in [0.1, 0.15) is 18.1 Å². The summed E-state index contributed by atoms with van der Waals surface area (Å²) < 4.78 is 0. The second kappa shape index (κ2) is 18.8. The maximum atomic E-state index is 13.1. The van der Waals surface area contributed by atoms with Crippen molar-refractivity contribution in [1.29, 1.82) is 0 Å². The van der Waals surface area contributed by atoms with E-state index < -0.39 is 47.9 Å². The van der Waals surface area contributed by atoms with Crippen molar-refractivity contribution < 1.29 is 24.3 Å². The van der Waals surface area contributed by atoms with E-state index in [4.69, 9.17) is 11.5 Å². The maximum absolute atomic E-state index is 13.1. The zero-order valence-electron chi connectivity index (χ0n) is 20.8. The van der Waals surface area contributed by atoms with Crippen molar-refractivity contribution in [2.24, 2.45) is 17.4 Å². The SMILES string of the molecule is CCC(C)C(N)C(=O)NC(CCCCN)C(=O)NC(CCSC)C(=O)NC(CCSC)C(=O)O. The lowest BCUT2D eigenvalue weighted by Crippen LogP contribution is -2.57. The van der Waals surface area contributed by atoms with Crippen LogP contribution in [0, 0.1) is 5.92 Å². The first-order valence-electron chi connectivity index (χ1n) is 11.7. The lowest BCUT2D eigenvalue weighted by molar-refractivity contribution is -0.142. The van der Waals surface area contributed by atoms with Crippen molar-refractivity contribution in [3.63, 3.8) is 0 Å². The molecule has 3 amide bonds. The highest BCUT2D eigenvalue weighted by atomic mass is 32.2. The molecule has 0 fully saturated rings. The fraction of sp³-hybridized carbons (Fsp3) is 0.818. The number of amides is 3. The van der Waals surface area contributed by atoms with Crippen LogP contribution in [0.25, 0.3) is 0 Å². The van der Waals surface area contributed by atoms with E-state index in [0.29, 0.717) is 43.7 Å². The van der Waals surface area contributed by atoms with E-state index in [2.05, 4.69) is 16.0 Å². The summed E-state index contributed by atoms with van der Waals surface area (Å²) in [5.41, 5.74) is 11.6. The Bertz CT molecular complexity index is 641. The summed E-state index contributed by atoms with van der Waals surface area (Å²) in [6, 6.07) is -3.58. The van der Waals surface area contributed by atoms with Crippen LogP contribution in [0.1, 0.15) is 52.4 Å². The Kier molecular flexibility index (Phi) is 18.0. The van der Waals surface area contributed by atoms with E-state index in [9.17, 15) is 24.3 Å². The van der Waals surface area contributed by atoms with Crippen molar-refractivity contribution in [2.45, 2.75) is 76.5 Å². The fourth-order valence-electron chi connectivity index (χ4n) is 3.08. The normalized spacial score (nSPS) is 15.5. The van der Waals surface area contributed by atoms with Crippen LogP contribution in [0.5, 0.6) is 0 Å². The number of carbonyl (C=O) groups is 4. The Labute approximate surface area is 211 Å². The molecular formula is C22H43N5O5S2. The average Bonchev–Trinajstić information content (AvgIpc) is 2.81. The summed E-state index contributed by atoms with van der Waals surface area (Å²) >= 11 is 2.99. The Balaban J connectivity index is 5.45. The summed E-state index contributed by atoms with van der Waals surface area (Å²) in [6.45, 7) is 4.26. The molecule has 5 atom stereocenters. The fourth-order valence-corrected chi connectivity index (χ4v) is 4.03. The third-order valence-electron chi connectivity index (χ3n) is 5.61. The van der Waals surface area contributed by atoms with E-state index in [0.717, 1.165) is 6.42 Å². The highest BCUT2D eigenvalue weighted by Gasteiger charge is 2.30. The standard InChI is InChI=1S/C22H43N5O5S2/c1-5-14(2)18(24)21(30)26-15(8-6-7-11-23)19(28)25-16(9-12-33-3)20(29)27-17(22(31)32)10-13-34-4/h14-18H,5-13,23-24H2,1-4H3,(H,25,28)(H,26,30)(H,27,29)(H,31,32). The van der Waals surface area contributed by atoms with Crippen molar-refractivity contribution >= 4 is 47.2 Å². The first-order valence-corrected chi connectivity index (χ1v) is 14.5. The minimum atomic E-state index is -1.12. The topological polar surface area (TPSA) is 177 Å². The van der Waals surface area contributed by atoms with Gasteiger partial charge in [-0.25, -0.2) is 4.79 Å². The molecule has 8 N–H and O–H groups in total. The minimum Gasteiger partial charge on any atom is -0.480 e. The van der Waals surface area contributed by atoms with Gasteiger partial charge in [0.05, 0.1) is 6.04 Å². The Morgan fingerprint density at radius 3 is 1.76 bits per heavy atom. The molecule has 5 unspecified atom stereocenters. The van der Waals surface area contributed by atoms with Gasteiger partial charge in [-0.05, 0) is 68.6 Å². The summed E-state index contributed by atoms with van der Waals surface area (Å²) in [4.78, 5) is 50.1. The molecule has 0 aromatic heterocycles. The van der Waals surface area contributed by atoms with Gasteiger partial charge in [-0.15, -0.1) is 0 Å². The van der Waals surface area contributed by atoms with Gasteiger partial charge in [-0.2, -0.15) is 23.5 Å². The van der Waals surface area contributed by atoms with Crippen molar-refractivity contribution in [2.75, 3.05) is 30.6 Å². The number of unbranched alkanes of at least 4 members (excludes halogenated alkanes) is 1. The summed E-state index contributed by atoms with van der Waals surface area (Å²) in [7, 11) is 0. The van der Waals surface area contributed by atoms with Gasteiger partial charge in [-0.1, -0.05) is 20.3 Å². The molecule has 198 valence electrons. The number of carbonyl (C=O) groups excluding carboxylic acids is 3. The summed E-state index contributed by atoms with van der Waals surface area (Å²) in [5, 5.41) is 17.4. The van der Waals surface area contributed by atoms with Crippen molar-refractivity contribution in [3.05, 3.63) is 0 Å². The number of aliphatic carboxylic acids is 1. The van der Waals surface area contributed by atoms with Crippen LogP contribution in [0.2, 0.25) is 0 Å². The Morgan fingerprint density at radius 1 is 0.824 bits per heavy atom. The van der Waals surface area contributed by atoms with Gasteiger partial charge in [0, 0.05) is 0 Å². The van der Waals surface area contributed by atoms with Gasteiger partial charge < -0.3 is 32.5 Å². The van der Waals surface area contributed by atoms with Gasteiger partial charge >= 0.3 is 5.97 Å². The summed E-state index contributed by atoms with van der Waals surface area (Å²) in [6.07, 6.45) is 6.70. The largest absolute Gasteiger partial charge is 0.480 e. The van der Waals surface area contributed by atoms with E-state index in [1.54, 1.807) is 0 Å². The van der Waals surface area contributed by atoms with Gasteiger partial charge in [0.2, 0.25) is 17.7 Å². The number of hydrogen-bond acceptors (Lipinski definition) is 8. The maximum Gasteiger partial charge on any atom is 0.326 e. The minimum absolute atomic E-state index is 0.0536. The molecule has 0 aliphatic carbocycles. The molecule has 0 bridgehead atoms. The second-order valence-corrected chi connectivity index (χ2v) is 10.3. The van der Waals surface area contributed by atoms with Crippen molar-refractivity contribution in [1.82, 2.24) is 16.0 Å². The molecule has 12 heteroatoms. The van der Waals surface area contributed by atoms with E-state index in [1.807, 2.05) is 26.4 Å². The van der Waals surface area contributed by atoms with Crippen LogP contribution in [-0.2, 0) is 19.2 Å². The van der Waals surface area contributed by atoms with Crippen LogP contribution < -0.4 is 27.4 Å². The first kappa shape index (κ1) is 32.5. The van der Waals surface area contributed by atoms with Gasteiger partial charge in [-0.3, -0.25) is 14.4 Å². The number of rotatable bonds is 19. The molecule has 0 radical (unpaired) electrons. The van der Waals surface area contributed by atoms with Crippen LogP contribution in [0.3, 0.4) is 0 Å². The van der Waals surface area contributed by atoms with Crippen molar-refractivity contribution in [3.8, 4) is 0 Å². The number of nitrogens with two attached hydrogens (primary N) is 2. The lowest BCUT2D eigenvalue weighted by atomic mass is 9.98. The smallest absolute Gasteiger partial charge is 0.326 e. The van der Waals surface area contributed by atoms with Crippen LogP contribution in [0.4, 0.5) is 0 Å². The molecule has 34 heavy (non-hydrogen) atoms. The van der Waals surface area contributed by atoms with Gasteiger partial charge in [0.25, 0.3) is 0 Å². The third-order valence-corrected chi connectivity index (χ3v) is 6.90. The van der Waals surface area contributed by atoms with E-state index in [1.165, 1.54) is 23.5 Å². The second-order valence-electron chi connectivity index (χ2n) is 8.28. The summed E-state index contributed by atoms with van der Waals surface area (Å²) in [5.74, 6) is -1.49. The molecule has 0 spiro atoms. The number of nitrogens with one attached hydrogen (secondary N) is 3. The molecule has 10 nitrogen and oxygen atoms in total.